The summed E-state index contributed by atoms with van der Waals surface area (Å²) in [5.74, 6) is 0.575. The Labute approximate surface area is 117 Å². The van der Waals surface area contributed by atoms with Crippen molar-refractivity contribution in [1.82, 2.24) is 10.6 Å². The quantitative estimate of drug-likeness (QED) is 0.782. The van der Waals surface area contributed by atoms with Crippen molar-refractivity contribution in [2.45, 2.75) is 25.7 Å². The van der Waals surface area contributed by atoms with Gasteiger partial charge in [-0.15, -0.1) is 11.3 Å². The van der Waals surface area contributed by atoms with E-state index in [1.54, 1.807) is 6.07 Å². The second-order valence-electron chi connectivity index (χ2n) is 4.92. The van der Waals surface area contributed by atoms with Gasteiger partial charge in [0.15, 0.2) is 5.78 Å². The predicted octanol–water partition coefficient (Wildman–Crippen LogP) is 1.83. The molecule has 0 aliphatic carbocycles. The molecule has 1 fully saturated rings. The highest BCUT2D eigenvalue weighted by atomic mass is 32.1. The number of Topliss-reactive ketones (excluding diaryl/α,β-unsaturated/α-hetero) is 1. The highest BCUT2D eigenvalue weighted by Crippen LogP contribution is 2.12. The molecular weight excluding hydrogens is 260 g/mol. The Morgan fingerprint density at radius 3 is 3.00 bits per heavy atom. The van der Waals surface area contributed by atoms with Crippen molar-refractivity contribution in [2.75, 3.05) is 19.6 Å². The van der Waals surface area contributed by atoms with Crippen LogP contribution in [0.5, 0.6) is 0 Å². The fourth-order valence-electron chi connectivity index (χ4n) is 2.23. The van der Waals surface area contributed by atoms with Crippen molar-refractivity contribution in [3.05, 3.63) is 22.4 Å². The van der Waals surface area contributed by atoms with E-state index in [9.17, 15) is 9.59 Å². The Balaban J connectivity index is 1.63. The average molecular weight is 280 g/mol. The van der Waals surface area contributed by atoms with Crippen molar-refractivity contribution < 1.29 is 9.59 Å². The van der Waals surface area contributed by atoms with E-state index in [0.29, 0.717) is 12.3 Å². The Morgan fingerprint density at radius 2 is 2.32 bits per heavy atom. The summed E-state index contributed by atoms with van der Waals surface area (Å²) < 4.78 is 0. The molecule has 1 aromatic rings. The molecule has 0 spiro atoms. The van der Waals surface area contributed by atoms with Crippen LogP contribution in [0.4, 0.5) is 0 Å². The van der Waals surface area contributed by atoms with E-state index in [0.717, 1.165) is 24.5 Å². The van der Waals surface area contributed by atoms with Crippen LogP contribution in [0.25, 0.3) is 0 Å². The highest BCUT2D eigenvalue weighted by Gasteiger charge is 2.14. The Kier molecular flexibility index (Phi) is 5.54. The van der Waals surface area contributed by atoms with E-state index < -0.39 is 0 Å². The zero-order chi connectivity index (χ0) is 13.5. The highest BCUT2D eigenvalue weighted by molar-refractivity contribution is 7.12. The van der Waals surface area contributed by atoms with Gasteiger partial charge in [0.05, 0.1) is 4.88 Å². The normalized spacial score (nSPS) is 19.1. The van der Waals surface area contributed by atoms with Crippen LogP contribution in [0.3, 0.4) is 0 Å². The number of nitrogens with one attached hydrogen (secondary N) is 2. The van der Waals surface area contributed by atoms with Crippen LogP contribution in [0, 0.1) is 5.92 Å². The number of hydrogen-bond acceptors (Lipinski definition) is 4. The van der Waals surface area contributed by atoms with Crippen LogP contribution >= 0.6 is 11.3 Å². The van der Waals surface area contributed by atoms with Crippen molar-refractivity contribution in [1.29, 1.82) is 0 Å². The fourth-order valence-corrected chi connectivity index (χ4v) is 2.93. The van der Waals surface area contributed by atoms with E-state index in [1.165, 1.54) is 24.2 Å². The third kappa shape index (κ3) is 4.76. The van der Waals surface area contributed by atoms with Gasteiger partial charge in [-0.1, -0.05) is 6.07 Å². The number of amides is 1. The molecule has 0 radical (unpaired) electrons. The van der Waals surface area contributed by atoms with Gasteiger partial charge in [0.2, 0.25) is 5.91 Å². The number of thiophene rings is 1. The summed E-state index contributed by atoms with van der Waals surface area (Å²) in [6.45, 7) is 2.78. The molecule has 2 rings (SSSR count). The molecule has 19 heavy (non-hydrogen) atoms. The van der Waals surface area contributed by atoms with E-state index in [1.807, 2.05) is 11.4 Å². The summed E-state index contributed by atoms with van der Waals surface area (Å²) in [6, 6.07) is 3.66. The van der Waals surface area contributed by atoms with Crippen LogP contribution in [0.2, 0.25) is 0 Å². The third-order valence-corrected chi connectivity index (χ3v) is 4.27. The van der Waals surface area contributed by atoms with Crippen LogP contribution in [0.1, 0.15) is 35.4 Å². The molecule has 1 aliphatic heterocycles. The lowest BCUT2D eigenvalue weighted by molar-refractivity contribution is -0.121. The summed E-state index contributed by atoms with van der Waals surface area (Å²) in [7, 11) is 0. The van der Waals surface area contributed by atoms with E-state index >= 15 is 0 Å². The minimum absolute atomic E-state index is 0.0181. The molecule has 5 heteroatoms. The third-order valence-electron chi connectivity index (χ3n) is 3.36. The van der Waals surface area contributed by atoms with Gasteiger partial charge in [-0.3, -0.25) is 9.59 Å². The summed E-state index contributed by atoms with van der Waals surface area (Å²) in [5, 5.41) is 8.13. The minimum Gasteiger partial charge on any atom is -0.356 e. The SMILES string of the molecule is O=C(CCC(=O)c1cccs1)NCC1CCCNC1. The van der Waals surface area contributed by atoms with Gasteiger partial charge in [-0.25, -0.2) is 0 Å². The maximum absolute atomic E-state index is 11.7. The molecular formula is C14H20N2O2S. The molecule has 2 N–H and O–H groups in total. The Bertz CT molecular complexity index is 411. The van der Waals surface area contributed by atoms with Gasteiger partial charge in [-0.05, 0) is 43.3 Å². The molecule has 1 unspecified atom stereocenters. The van der Waals surface area contributed by atoms with E-state index in [-0.39, 0.29) is 18.1 Å². The topological polar surface area (TPSA) is 58.2 Å². The van der Waals surface area contributed by atoms with Crippen molar-refractivity contribution in [3.63, 3.8) is 0 Å². The molecule has 1 amide bonds. The zero-order valence-electron chi connectivity index (χ0n) is 11.0. The molecule has 4 nitrogen and oxygen atoms in total. The smallest absolute Gasteiger partial charge is 0.220 e. The first-order chi connectivity index (χ1) is 9.25. The lowest BCUT2D eigenvalue weighted by Crippen LogP contribution is -2.38. The first-order valence-corrected chi connectivity index (χ1v) is 7.68. The number of rotatable bonds is 6. The largest absolute Gasteiger partial charge is 0.356 e. The number of carbonyl (C=O) groups excluding carboxylic acids is 2. The van der Waals surface area contributed by atoms with Gasteiger partial charge < -0.3 is 10.6 Å². The zero-order valence-corrected chi connectivity index (χ0v) is 11.8. The molecule has 0 aromatic carbocycles. The summed E-state index contributed by atoms with van der Waals surface area (Å²) in [6.07, 6.45) is 2.94. The Morgan fingerprint density at radius 1 is 1.42 bits per heavy atom. The molecule has 1 atom stereocenters. The molecule has 1 aromatic heterocycles. The number of piperidine rings is 1. The molecule has 0 bridgehead atoms. The second kappa shape index (κ2) is 7.40. The summed E-state index contributed by atoms with van der Waals surface area (Å²) in [4.78, 5) is 24.2. The lowest BCUT2D eigenvalue weighted by atomic mass is 10.00. The van der Waals surface area contributed by atoms with Crippen LogP contribution < -0.4 is 10.6 Å². The first-order valence-electron chi connectivity index (χ1n) is 6.80. The maximum Gasteiger partial charge on any atom is 0.220 e. The van der Waals surface area contributed by atoms with Gasteiger partial charge in [0.25, 0.3) is 0 Å². The van der Waals surface area contributed by atoms with Crippen molar-refractivity contribution in [2.24, 2.45) is 5.92 Å². The second-order valence-corrected chi connectivity index (χ2v) is 5.86. The van der Waals surface area contributed by atoms with Crippen LogP contribution in [-0.2, 0) is 4.79 Å². The monoisotopic (exact) mass is 280 g/mol. The molecule has 1 aliphatic rings. The van der Waals surface area contributed by atoms with Gasteiger partial charge in [-0.2, -0.15) is 0 Å². The molecule has 2 heterocycles. The first kappa shape index (κ1) is 14.2. The maximum atomic E-state index is 11.7. The number of carbonyl (C=O) groups is 2. The van der Waals surface area contributed by atoms with E-state index in [2.05, 4.69) is 10.6 Å². The summed E-state index contributed by atoms with van der Waals surface area (Å²) in [5.41, 5.74) is 0. The lowest BCUT2D eigenvalue weighted by Gasteiger charge is -2.22. The Hall–Kier alpha value is -1.20. The van der Waals surface area contributed by atoms with Crippen LogP contribution in [-0.4, -0.2) is 31.3 Å². The van der Waals surface area contributed by atoms with E-state index in [4.69, 9.17) is 0 Å². The van der Waals surface area contributed by atoms with Gasteiger partial charge in [0, 0.05) is 19.4 Å². The summed E-state index contributed by atoms with van der Waals surface area (Å²) >= 11 is 1.43. The van der Waals surface area contributed by atoms with Crippen molar-refractivity contribution >= 4 is 23.0 Å². The fraction of sp³-hybridized carbons (Fsp3) is 0.571. The molecule has 0 saturated carbocycles. The number of ketones is 1. The van der Waals surface area contributed by atoms with Gasteiger partial charge in [0.1, 0.15) is 0 Å². The van der Waals surface area contributed by atoms with Crippen molar-refractivity contribution in [3.8, 4) is 0 Å². The number of hydrogen-bond donors (Lipinski definition) is 2. The van der Waals surface area contributed by atoms with Crippen LogP contribution in [0.15, 0.2) is 17.5 Å². The molecule has 1 saturated heterocycles. The molecule has 104 valence electrons. The predicted molar refractivity (Wildman–Crippen MR) is 76.5 cm³/mol. The van der Waals surface area contributed by atoms with Gasteiger partial charge >= 0.3 is 0 Å². The minimum atomic E-state index is -0.0181. The average Bonchev–Trinajstić information content (AvgIpc) is 2.98. The standard InChI is InChI=1S/C14H20N2O2S/c17-12(13-4-2-8-19-13)5-6-14(18)16-10-11-3-1-7-15-9-11/h2,4,8,11,15H,1,3,5-7,9-10H2,(H,16,18).